The van der Waals surface area contributed by atoms with E-state index in [-0.39, 0.29) is 18.7 Å². The monoisotopic (exact) mass is 353 g/mol. The van der Waals surface area contributed by atoms with Crippen LogP contribution in [-0.2, 0) is 4.79 Å². The minimum Gasteiger partial charge on any atom is -0.481 e. The normalized spacial score (nSPS) is 13.3. The summed E-state index contributed by atoms with van der Waals surface area (Å²) in [4.78, 5) is 12.2. The highest BCUT2D eigenvalue weighted by Gasteiger charge is 2.20. The Balaban J connectivity index is 1.42. The van der Waals surface area contributed by atoms with Crippen molar-refractivity contribution in [2.75, 3.05) is 12.1 Å². The van der Waals surface area contributed by atoms with E-state index in [1.807, 2.05) is 18.2 Å². The number of nitrogens with one attached hydrogen (secondary N) is 1. The van der Waals surface area contributed by atoms with Crippen molar-refractivity contribution >= 4 is 11.9 Å². The molecule has 2 aromatic carbocycles. The third-order valence-corrected chi connectivity index (χ3v) is 3.70. The number of carbonyl (C=O) groups is 1. The Morgan fingerprint density at radius 2 is 1.92 bits per heavy atom. The fraction of sp³-hybridized carbons (Fsp3) is 0.167. The van der Waals surface area contributed by atoms with Crippen molar-refractivity contribution < 1.29 is 23.4 Å². The molecule has 26 heavy (non-hydrogen) atoms. The summed E-state index contributed by atoms with van der Waals surface area (Å²) < 4.78 is 21.6. The molecule has 0 saturated carbocycles. The molecule has 0 aliphatic carbocycles. The Bertz CT molecular complexity index is 926. The van der Waals surface area contributed by atoms with E-state index in [1.54, 1.807) is 37.3 Å². The Morgan fingerprint density at radius 3 is 2.77 bits per heavy atom. The number of anilines is 1. The van der Waals surface area contributed by atoms with E-state index in [0.29, 0.717) is 22.8 Å². The van der Waals surface area contributed by atoms with Crippen molar-refractivity contribution in [2.24, 2.45) is 0 Å². The average molecular weight is 353 g/mol. The summed E-state index contributed by atoms with van der Waals surface area (Å²) >= 11 is 0. The van der Waals surface area contributed by atoms with Gasteiger partial charge in [-0.2, -0.15) is 0 Å². The van der Waals surface area contributed by atoms with Crippen molar-refractivity contribution in [1.29, 1.82) is 0 Å². The minimum absolute atomic E-state index is 0.00817. The van der Waals surface area contributed by atoms with Crippen LogP contribution in [0.15, 0.2) is 52.9 Å². The maximum atomic E-state index is 12.2. The second kappa shape index (κ2) is 6.75. The van der Waals surface area contributed by atoms with Gasteiger partial charge in [-0.05, 0) is 37.3 Å². The molecule has 1 N–H and O–H groups in total. The van der Waals surface area contributed by atoms with E-state index in [9.17, 15) is 4.79 Å². The molecule has 1 aliphatic rings. The number of ether oxygens (including phenoxy) is 3. The summed E-state index contributed by atoms with van der Waals surface area (Å²) in [6.07, 6.45) is -0.724. The lowest BCUT2D eigenvalue weighted by atomic mass is 10.2. The van der Waals surface area contributed by atoms with E-state index in [0.717, 1.165) is 0 Å². The number of fused-ring (bicyclic) bond motifs is 1. The highest BCUT2D eigenvalue weighted by Crippen LogP contribution is 2.35. The number of amides is 1. The lowest BCUT2D eigenvalue weighted by Gasteiger charge is -2.12. The Kier molecular flexibility index (Phi) is 4.14. The molecule has 132 valence electrons. The zero-order valence-corrected chi connectivity index (χ0v) is 13.8. The topological polar surface area (TPSA) is 95.7 Å². The van der Waals surface area contributed by atoms with Gasteiger partial charge in [0.05, 0.1) is 0 Å². The summed E-state index contributed by atoms with van der Waals surface area (Å²) in [5, 5.41) is 10.3. The van der Waals surface area contributed by atoms with Crippen LogP contribution in [-0.4, -0.2) is 29.0 Å². The molecule has 0 spiro atoms. The molecule has 1 unspecified atom stereocenters. The molecule has 2 heterocycles. The molecule has 8 heteroatoms. The van der Waals surface area contributed by atoms with Gasteiger partial charge < -0.3 is 18.6 Å². The first-order valence-electron chi connectivity index (χ1n) is 7.95. The second-order valence-corrected chi connectivity index (χ2v) is 5.54. The molecule has 4 rings (SSSR count). The molecule has 0 fully saturated rings. The van der Waals surface area contributed by atoms with Gasteiger partial charge in [0.1, 0.15) is 5.75 Å². The number of rotatable bonds is 5. The smallest absolute Gasteiger partial charge is 0.322 e. The zero-order chi connectivity index (χ0) is 17.9. The summed E-state index contributed by atoms with van der Waals surface area (Å²) in [6, 6.07) is 14.3. The molecule has 1 aliphatic heterocycles. The van der Waals surface area contributed by atoms with Gasteiger partial charge in [-0.3, -0.25) is 10.1 Å². The zero-order valence-electron chi connectivity index (χ0n) is 13.8. The van der Waals surface area contributed by atoms with Crippen LogP contribution in [0.3, 0.4) is 0 Å². The van der Waals surface area contributed by atoms with E-state index >= 15 is 0 Å². The molecule has 1 amide bonds. The lowest BCUT2D eigenvalue weighted by Crippen LogP contribution is -2.30. The van der Waals surface area contributed by atoms with Gasteiger partial charge in [0.25, 0.3) is 5.91 Å². The molecular weight excluding hydrogens is 338 g/mol. The predicted octanol–water partition coefficient (Wildman–Crippen LogP) is 2.87. The summed E-state index contributed by atoms with van der Waals surface area (Å²) in [7, 11) is 0. The van der Waals surface area contributed by atoms with Crippen LogP contribution in [0, 0.1) is 0 Å². The molecular formula is C18H15N3O5. The number of benzene rings is 2. The van der Waals surface area contributed by atoms with Crippen LogP contribution in [0.25, 0.3) is 11.5 Å². The van der Waals surface area contributed by atoms with Gasteiger partial charge in [-0.1, -0.05) is 23.3 Å². The van der Waals surface area contributed by atoms with Crippen LogP contribution in [0.5, 0.6) is 17.2 Å². The fourth-order valence-corrected chi connectivity index (χ4v) is 2.38. The van der Waals surface area contributed by atoms with E-state index in [2.05, 4.69) is 15.5 Å². The number of hydrogen-bond donors (Lipinski definition) is 1. The van der Waals surface area contributed by atoms with Crippen LogP contribution in [0.2, 0.25) is 0 Å². The maximum Gasteiger partial charge on any atom is 0.322 e. The number of hydrogen-bond acceptors (Lipinski definition) is 7. The van der Waals surface area contributed by atoms with Crippen LogP contribution in [0.4, 0.5) is 6.01 Å². The minimum atomic E-state index is -0.724. The van der Waals surface area contributed by atoms with Gasteiger partial charge >= 0.3 is 6.01 Å². The van der Waals surface area contributed by atoms with Gasteiger partial charge in [0, 0.05) is 5.56 Å². The highest BCUT2D eigenvalue weighted by atomic mass is 16.7. The maximum absolute atomic E-state index is 12.2. The van der Waals surface area contributed by atoms with Crippen LogP contribution < -0.4 is 19.5 Å². The Hall–Kier alpha value is -3.55. The van der Waals surface area contributed by atoms with E-state index in [4.69, 9.17) is 18.6 Å². The van der Waals surface area contributed by atoms with E-state index < -0.39 is 12.0 Å². The molecule has 1 aromatic heterocycles. The third-order valence-electron chi connectivity index (χ3n) is 3.70. The molecule has 0 bridgehead atoms. The average Bonchev–Trinajstić information content (AvgIpc) is 3.31. The van der Waals surface area contributed by atoms with Gasteiger partial charge in [0.15, 0.2) is 17.6 Å². The van der Waals surface area contributed by atoms with Gasteiger partial charge in [-0.15, -0.1) is 5.10 Å². The van der Waals surface area contributed by atoms with Crippen LogP contribution >= 0.6 is 0 Å². The molecule has 1 atom stereocenters. The molecule has 0 saturated heterocycles. The molecule has 3 aromatic rings. The predicted molar refractivity (Wildman–Crippen MR) is 91.0 cm³/mol. The fourth-order valence-electron chi connectivity index (χ4n) is 2.38. The SMILES string of the molecule is CC(Oc1ccccc1)C(=O)Nc1nnc(-c2ccc3c(c2)OCO3)o1. The van der Waals surface area contributed by atoms with Crippen molar-refractivity contribution in [1.82, 2.24) is 10.2 Å². The number of para-hydroxylation sites is 1. The van der Waals surface area contributed by atoms with Gasteiger partial charge in [0.2, 0.25) is 12.7 Å². The van der Waals surface area contributed by atoms with Gasteiger partial charge in [-0.25, -0.2) is 0 Å². The number of carbonyl (C=O) groups excluding carboxylic acids is 1. The van der Waals surface area contributed by atoms with Crippen molar-refractivity contribution in [3.05, 3.63) is 48.5 Å². The highest BCUT2D eigenvalue weighted by molar-refractivity contribution is 5.92. The van der Waals surface area contributed by atoms with Crippen molar-refractivity contribution in [2.45, 2.75) is 13.0 Å². The second-order valence-electron chi connectivity index (χ2n) is 5.54. The Morgan fingerprint density at radius 1 is 1.12 bits per heavy atom. The van der Waals surface area contributed by atoms with Crippen molar-refractivity contribution in [3.63, 3.8) is 0 Å². The quantitative estimate of drug-likeness (QED) is 0.753. The summed E-state index contributed by atoms with van der Waals surface area (Å²) in [5.41, 5.74) is 0.663. The van der Waals surface area contributed by atoms with Crippen LogP contribution in [0.1, 0.15) is 6.92 Å². The largest absolute Gasteiger partial charge is 0.481 e. The lowest BCUT2D eigenvalue weighted by molar-refractivity contribution is -0.122. The third kappa shape index (κ3) is 3.30. The van der Waals surface area contributed by atoms with E-state index in [1.165, 1.54) is 0 Å². The Labute approximate surface area is 148 Å². The number of nitrogens with zero attached hydrogens (tertiary/aromatic N) is 2. The first-order valence-corrected chi connectivity index (χ1v) is 7.95. The first-order chi connectivity index (χ1) is 12.7. The van der Waals surface area contributed by atoms with Crippen molar-refractivity contribution in [3.8, 4) is 28.7 Å². The molecule has 0 radical (unpaired) electrons. The standard InChI is InChI=1S/C18H15N3O5/c1-11(25-13-5-3-2-4-6-13)16(22)19-18-21-20-17(26-18)12-7-8-14-15(9-12)24-10-23-14/h2-9,11H,10H2,1H3,(H,19,21,22). The summed E-state index contributed by atoms with van der Waals surface area (Å²) in [5.74, 6) is 1.73. The summed E-state index contributed by atoms with van der Waals surface area (Å²) in [6.45, 7) is 1.82. The first kappa shape index (κ1) is 15.9. The number of aromatic nitrogens is 2. The molecule has 8 nitrogen and oxygen atoms in total.